The zero-order valence-corrected chi connectivity index (χ0v) is 23.7. The molecule has 2 heterocycles. The Balaban J connectivity index is 1.58. The lowest BCUT2D eigenvalue weighted by molar-refractivity contribution is 0.0739. The van der Waals surface area contributed by atoms with E-state index in [0.717, 1.165) is 50.2 Å². The maximum absolute atomic E-state index is 13.2. The molecule has 0 saturated carbocycles. The molecule has 38 heavy (non-hydrogen) atoms. The summed E-state index contributed by atoms with van der Waals surface area (Å²) in [7, 11) is 0. The van der Waals surface area contributed by atoms with Crippen LogP contribution in [0.15, 0.2) is 59.1 Å². The maximum atomic E-state index is 13.2. The van der Waals surface area contributed by atoms with Crippen molar-refractivity contribution < 1.29 is 14.0 Å². The molecule has 1 unspecified atom stereocenters. The van der Waals surface area contributed by atoms with Gasteiger partial charge in [0.2, 0.25) is 0 Å². The second-order valence-corrected chi connectivity index (χ2v) is 10.0. The van der Waals surface area contributed by atoms with Crippen LogP contribution in [0.5, 0.6) is 0 Å². The SMILES string of the molecule is CCCN(Cc1cccn1Cc1ccc(C(=O)NC(C)CCCN(CC)CC)o1)C(=O)c1ccc(C)cc1. The molecule has 0 spiro atoms. The van der Waals surface area contributed by atoms with E-state index in [1.54, 1.807) is 6.07 Å². The molecule has 1 aromatic carbocycles. The molecule has 0 aliphatic rings. The third-order valence-electron chi connectivity index (χ3n) is 6.95. The number of carbonyl (C=O) groups excluding carboxylic acids is 2. The molecule has 2 amide bonds. The number of rotatable bonds is 15. The third-order valence-corrected chi connectivity index (χ3v) is 6.95. The lowest BCUT2D eigenvalue weighted by Crippen LogP contribution is -2.33. The first-order valence-electron chi connectivity index (χ1n) is 14.0. The molecule has 7 heteroatoms. The van der Waals surface area contributed by atoms with Gasteiger partial charge in [0.05, 0.1) is 13.1 Å². The normalized spacial score (nSPS) is 12.1. The molecular weight excluding hydrogens is 476 g/mol. The van der Waals surface area contributed by atoms with Gasteiger partial charge < -0.3 is 24.1 Å². The monoisotopic (exact) mass is 520 g/mol. The Hall–Kier alpha value is -3.32. The minimum Gasteiger partial charge on any atom is -0.454 e. The van der Waals surface area contributed by atoms with E-state index < -0.39 is 0 Å². The van der Waals surface area contributed by atoms with Gasteiger partial charge in [-0.15, -0.1) is 0 Å². The number of aryl methyl sites for hydroxylation is 1. The summed E-state index contributed by atoms with van der Waals surface area (Å²) in [4.78, 5) is 30.2. The van der Waals surface area contributed by atoms with Crippen molar-refractivity contribution in [3.63, 3.8) is 0 Å². The Morgan fingerprint density at radius 1 is 1.00 bits per heavy atom. The van der Waals surface area contributed by atoms with Crippen molar-refractivity contribution in [3.8, 4) is 0 Å². The molecule has 1 N–H and O–H groups in total. The van der Waals surface area contributed by atoms with Gasteiger partial charge >= 0.3 is 0 Å². The maximum Gasteiger partial charge on any atom is 0.287 e. The summed E-state index contributed by atoms with van der Waals surface area (Å²) in [5, 5.41) is 3.06. The third kappa shape index (κ3) is 8.35. The molecule has 2 aromatic heterocycles. The summed E-state index contributed by atoms with van der Waals surface area (Å²) in [6, 6.07) is 15.4. The van der Waals surface area contributed by atoms with E-state index in [4.69, 9.17) is 4.42 Å². The van der Waals surface area contributed by atoms with Crippen LogP contribution in [0.3, 0.4) is 0 Å². The van der Waals surface area contributed by atoms with Crippen molar-refractivity contribution >= 4 is 11.8 Å². The van der Waals surface area contributed by atoms with Gasteiger partial charge in [0.25, 0.3) is 11.8 Å². The number of aromatic nitrogens is 1. The van der Waals surface area contributed by atoms with Crippen LogP contribution in [0.2, 0.25) is 0 Å². The van der Waals surface area contributed by atoms with Crippen LogP contribution in [0.25, 0.3) is 0 Å². The van der Waals surface area contributed by atoms with Crippen LogP contribution in [-0.2, 0) is 13.1 Å². The van der Waals surface area contributed by atoms with Crippen LogP contribution < -0.4 is 5.32 Å². The van der Waals surface area contributed by atoms with E-state index in [1.165, 1.54) is 0 Å². The highest BCUT2D eigenvalue weighted by Gasteiger charge is 2.18. The average molecular weight is 521 g/mol. The number of nitrogens with one attached hydrogen (secondary N) is 1. The first kappa shape index (κ1) is 29.2. The number of benzene rings is 1. The molecule has 206 valence electrons. The quantitative estimate of drug-likeness (QED) is 0.278. The van der Waals surface area contributed by atoms with E-state index >= 15 is 0 Å². The number of carbonyl (C=O) groups is 2. The Morgan fingerprint density at radius 2 is 1.74 bits per heavy atom. The molecule has 0 radical (unpaired) electrons. The Kier molecular flexibility index (Phi) is 11.2. The summed E-state index contributed by atoms with van der Waals surface area (Å²) in [5.41, 5.74) is 2.85. The fraction of sp³-hybridized carbons (Fsp3) is 0.484. The van der Waals surface area contributed by atoms with Crippen LogP contribution in [0, 0.1) is 6.92 Å². The first-order valence-corrected chi connectivity index (χ1v) is 14.0. The number of hydrogen-bond donors (Lipinski definition) is 1. The second kappa shape index (κ2) is 14.6. The number of nitrogens with zero attached hydrogens (tertiary/aromatic N) is 3. The number of furan rings is 1. The van der Waals surface area contributed by atoms with Gasteiger partial charge in [-0.3, -0.25) is 9.59 Å². The van der Waals surface area contributed by atoms with Gasteiger partial charge in [0, 0.05) is 30.0 Å². The molecule has 0 aliphatic heterocycles. The predicted octanol–water partition coefficient (Wildman–Crippen LogP) is 5.73. The van der Waals surface area contributed by atoms with Crippen LogP contribution in [0.1, 0.15) is 84.9 Å². The zero-order valence-electron chi connectivity index (χ0n) is 23.7. The van der Waals surface area contributed by atoms with Gasteiger partial charge in [-0.25, -0.2) is 0 Å². The lowest BCUT2D eigenvalue weighted by atomic mass is 10.1. The van der Waals surface area contributed by atoms with Gasteiger partial charge in [-0.05, 0) is 89.1 Å². The largest absolute Gasteiger partial charge is 0.454 e. The van der Waals surface area contributed by atoms with Gasteiger partial charge in [0.1, 0.15) is 5.76 Å². The van der Waals surface area contributed by atoms with Crippen LogP contribution in [-0.4, -0.2) is 58.4 Å². The molecule has 3 rings (SSSR count). The fourth-order valence-electron chi connectivity index (χ4n) is 4.62. The van der Waals surface area contributed by atoms with Crippen molar-refractivity contribution in [1.29, 1.82) is 0 Å². The standard InChI is InChI=1S/C31H44N4O3/c1-6-19-35(31(37)26-15-13-24(4)14-16-26)22-27-12-10-21-34(27)23-28-17-18-29(38-28)30(36)32-25(5)11-9-20-33(7-2)8-3/h10,12-18,21,25H,6-9,11,19-20,22-23H2,1-5H3,(H,32,36). The van der Waals surface area contributed by atoms with Gasteiger partial charge in [-0.1, -0.05) is 38.5 Å². The smallest absolute Gasteiger partial charge is 0.287 e. The highest BCUT2D eigenvalue weighted by atomic mass is 16.4. The molecule has 7 nitrogen and oxygen atoms in total. The van der Waals surface area contributed by atoms with Crippen LogP contribution in [0.4, 0.5) is 0 Å². The summed E-state index contributed by atoms with van der Waals surface area (Å²) in [5.74, 6) is 0.875. The first-order chi connectivity index (χ1) is 18.3. The zero-order chi connectivity index (χ0) is 27.5. The summed E-state index contributed by atoms with van der Waals surface area (Å²) < 4.78 is 7.98. The van der Waals surface area contributed by atoms with Gasteiger partial charge in [0.15, 0.2) is 5.76 Å². The summed E-state index contributed by atoms with van der Waals surface area (Å²) in [6.45, 7) is 15.3. The van der Waals surface area contributed by atoms with Crippen molar-refractivity contribution in [2.75, 3.05) is 26.2 Å². The summed E-state index contributed by atoms with van der Waals surface area (Å²) in [6.07, 6.45) is 4.83. The van der Waals surface area contributed by atoms with Crippen molar-refractivity contribution in [3.05, 3.63) is 83.1 Å². The average Bonchev–Trinajstić information content (AvgIpc) is 3.56. The Morgan fingerprint density at radius 3 is 2.42 bits per heavy atom. The van der Waals surface area contributed by atoms with Crippen molar-refractivity contribution in [2.24, 2.45) is 0 Å². The molecule has 0 saturated heterocycles. The fourth-order valence-corrected chi connectivity index (χ4v) is 4.62. The molecule has 0 fully saturated rings. The molecule has 0 bridgehead atoms. The Bertz CT molecular complexity index is 1140. The molecular formula is C31H44N4O3. The van der Waals surface area contributed by atoms with Crippen molar-refractivity contribution in [2.45, 2.75) is 73.0 Å². The molecule has 0 aliphatic carbocycles. The molecule has 3 aromatic rings. The van der Waals surface area contributed by atoms with E-state index in [9.17, 15) is 9.59 Å². The number of amides is 2. The van der Waals surface area contributed by atoms with E-state index in [1.807, 2.05) is 67.4 Å². The van der Waals surface area contributed by atoms with E-state index in [0.29, 0.717) is 36.7 Å². The topological polar surface area (TPSA) is 70.7 Å². The van der Waals surface area contributed by atoms with E-state index in [-0.39, 0.29) is 17.9 Å². The highest BCUT2D eigenvalue weighted by molar-refractivity contribution is 5.94. The highest BCUT2D eigenvalue weighted by Crippen LogP contribution is 2.16. The Labute approximate surface area is 227 Å². The lowest BCUT2D eigenvalue weighted by Gasteiger charge is -2.23. The predicted molar refractivity (Wildman–Crippen MR) is 152 cm³/mol. The van der Waals surface area contributed by atoms with E-state index in [2.05, 4.69) is 35.6 Å². The number of hydrogen-bond acceptors (Lipinski definition) is 4. The van der Waals surface area contributed by atoms with Crippen molar-refractivity contribution in [1.82, 2.24) is 19.7 Å². The van der Waals surface area contributed by atoms with Crippen LogP contribution >= 0.6 is 0 Å². The minimum atomic E-state index is -0.183. The minimum absolute atomic E-state index is 0.0303. The van der Waals surface area contributed by atoms with Gasteiger partial charge in [-0.2, -0.15) is 0 Å². The molecule has 1 atom stereocenters. The summed E-state index contributed by atoms with van der Waals surface area (Å²) >= 11 is 0. The second-order valence-electron chi connectivity index (χ2n) is 10.0.